The van der Waals surface area contributed by atoms with E-state index in [2.05, 4.69) is 9.97 Å². The number of alkyl halides is 3. The molecule has 3 aromatic rings. The van der Waals surface area contributed by atoms with E-state index in [-0.39, 0.29) is 0 Å². The van der Waals surface area contributed by atoms with Crippen LogP contribution in [0.15, 0.2) is 54.9 Å². The molecule has 0 aliphatic carbocycles. The lowest BCUT2D eigenvalue weighted by atomic mass is 10.1. The Balaban J connectivity index is 0.000000837. The molecule has 3 rings (SSSR count). The van der Waals surface area contributed by atoms with Gasteiger partial charge in [-0.1, -0.05) is 23.7 Å². The maximum Gasteiger partial charge on any atom is 0.416 e. The Bertz CT molecular complexity index is 1020. The fourth-order valence-electron chi connectivity index (χ4n) is 2.71. The Labute approximate surface area is 188 Å². The first-order valence-corrected chi connectivity index (χ1v) is 10.0. The Hall–Kier alpha value is -3.13. The third-order valence-electron chi connectivity index (χ3n) is 4.26. The normalized spacial score (nSPS) is 10.8. The van der Waals surface area contributed by atoms with Crippen LogP contribution in [-0.2, 0) is 23.8 Å². The van der Waals surface area contributed by atoms with Crippen LogP contribution >= 0.6 is 11.6 Å². The van der Waals surface area contributed by atoms with Gasteiger partial charge >= 0.3 is 6.18 Å². The molecule has 0 radical (unpaired) electrons. The van der Waals surface area contributed by atoms with Crippen molar-refractivity contribution >= 4 is 17.6 Å². The lowest BCUT2D eigenvalue weighted by molar-refractivity contribution is -0.137. The molecule has 0 saturated heterocycles. The topological polar surface area (TPSA) is 72.3 Å². The van der Waals surface area contributed by atoms with Gasteiger partial charge in [-0.2, -0.15) is 13.2 Å². The molecule has 2 aromatic carbocycles. The number of aromatic nitrogens is 2. The van der Waals surface area contributed by atoms with Crippen LogP contribution in [0.3, 0.4) is 0 Å². The molecule has 0 saturated carbocycles. The summed E-state index contributed by atoms with van der Waals surface area (Å²) < 4.78 is 43.4. The SMILES string of the molecule is CC(=O)O.Cc1ncnc(CCCc2ccc(Oc3ccc(C(F)(F)F)cc3)cc2)c1Cl. The minimum Gasteiger partial charge on any atom is -0.481 e. The van der Waals surface area contributed by atoms with E-state index in [4.69, 9.17) is 26.2 Å². The van der Waals surface area contributed by atoms with Crippen molar-refractivity contribution in [3.63, 3.8) is 0 Å². The van der Waals surface area contributed by atoms with Crippen molar-refractivity contribution in [2.75, 3.05) is 0 Å². The highest BCUT2D eigenvalue weighted by molar-refractivity contribution is 6.31. The van der Waals surface area contributed by atoms with Crippen molar-refractivity contribution < 1.29 is 27.8 Å². The molecular weight excluding hydrogens is 445 g/mol. The highest BCUT2D eigenvalue weighted by Gasteiger charge is 2.30. The molecule has 0 fully saturated rings. The summed E-state index contributed by atoms with van der Waals surface area (Å²) in [7, 11) is 0. The number of carbonyl (C=O) groups is 1. The van der Waals surface area contributed by atoms with Gasteiger partial charge < -0.3 is 9.84 Å². The second kappa shape index (κ2) is 11.5. The van der Waals surface area contributed by atoms with Gasteiger partial charge in [-0.05, 0) is 68.1 Å². The standard InChI is InChI=1S/C21H18ClF3N2O.C2H4O2/c1-14-20(22)19(27-13-26-14)4-2-3-15-5-9-17(10-6-15)28-18-11-7-16(8-12-18)21(23,24)25;1-2(3)4/h5-13H,2-4H2,1H3;1H3,(H,3,4). The predicted molar refractivity (Wildman–Crippen MR) is 115 cm³/mol. The molecule has 0 aliphatic heterocycles. The van der Waals surface area contributed by atoms with E-state index in [1.807, 2.05) is 19.1 Å². The third kappa shape index (κ3) is 8.19. The quantitative estimate of drug-likeness (QED) is 0.448. The fraction of sp³-hybridized carbons (Fsp3) is 0.261. The van der Waals surface area contributed by atoms with Crippen LogP contribution in [0.4, 0.5) is 13.2 Å². The maximum atomic E-state index is 12.6. The van der Waals surface area contributed by atoms with E-state index in [0.29, 0.717) is 16.5 Å². The van der Waals surface area contributed by atoms with Crippen LogP contribution in [0.5, 0.6) is 11.5 Å². The molecule has 1 heterocycles. The summed E-state index contributed by atoms with van der Waals surface area (Å²) in [4.78, 5) is 17.3. The summed E-state index contributed by atoms with van der Waals surface area (Å²) in [5.74, 6) is 0.0903. The van der Waals surface area contributed by atoms with Gasteiger partial charge in [-0.25, -0.2) is 9.97 Å². The number of benzene rings is 2. The second-order valence-corrected chi connectivity index (χ2v) is 7.24. The summed E-state index contributed by atoms with van der Waals surface area (Å²) in [6.45, 7) is 2.93. The van der Waals surface area contributed by atoms with Gasteiger partial charge in [0.05, 0.1) is 22.0 Å². The Morgan fingerprint density at radius 2 is 1.53 bits per heavy atom. The highest BCUT2D eigenvalue weighted by Crippen LogP contribution is 2.31. The van der Waals surface area contributed by atoms with Crippen molar-refractivity contribution in [2.45, 2.75) is 39.3 Å². The highest BCUT2D eigenvalue weighted by atomic mass is 35.5. The molecule has 0 atom stereocenters. The second-order valence-electron chi connectivity index (χ2n) is 6.86. The molecule has 0 unspecified atom stereocenters. The van der Waals surface area contributed by atoms with Gasteiger partial charge in [0.25, 0.3) is 5.97 Å². The number of aryl methyl sites for hydroxylation is 3. The molecule has 0 bridgehead atoms. The number of carboxylic acids is 1. The third-order valence-corrected chi connectivity index (χ3v) is 4.75. The monoisotopic (exact) mass is 466 g/mol. The summed E-state index contributed by atoms with van der Waals surface area (Å²) in [6, 6.07) is 12.1. The summed E-state index contributed by atoms with van der Waals surface area (Å²) >= 11 is 6.20. The number of nitrogens with zero attached hydrogens (tertiary/aromatic N) is 2. The van der Waals surface area contributed by atoms with Gasteiger partial charge in [0.2, 0.25) is 0 Å². The van der Waals surface area contributed by atoms with Gasteiger partial charge in [0.1, 0.15) is 17.8 Å². The van der Waals surface area contributed by atoms with Gasteiger partial charge in [-0.3, -0.25) is 4.79 Å². The van der Waals surface area contributed by atoms with Crippen molar-refractivity contribution in [3.05, 3.63) is 82.4 Å². The molecular formula is C23H22ClF3N2O3. The number of rotatable bonds is 6. The molecule has 32 heavy (non-hydrogen) atoms. The van der Waals surface area contributed by atoms with Crippen LogP contribution in [0.2, 0.25) is 5.02 Å². The van der Waals surface area contributed by atoms with Gasteiger partial charge in [0, 0.05) is 6.92 Å². The van der Waals surface area contributed by atoms with Crippen LogP contribution in [0.1, 0.15) is 35.9 Å². The first-order chi connectivity index (χ1) is 15.1. The summed E-state index contributed by atoms with van der Waals surface area (Å²) in [5.41, 5.74) is 2.05. The molecule has 5 nitrogen and oxygen atoms in total. The van der Waals surface area contributed by atoms with Gasteiger partial charge in [-0.15, -0.1) is 0 Å². The summed E-state index contributed by atoms with van der Waals surface area (Å²) in [5, 5.41) is 8.03. The van der Waals surface area contributed by atoms with E-state index < -0.39 is 17.7 Å². The van der Waals surface area contributed by atoms with Crippen LogP contribution in [-0.4, -0.2) is 21.0 Å². The minimum atomic E-state index is -4.35. The lowest BCUT2D eigenvalue weighted by Crippen LogP contribution is -2.03. The van der Waals surface area contributed by atoms with Crippen LogP contribution in [0, 0.1) is 6.92 Å². The number of halogens is 4. The lowest BCUT2D eigenvalue weighted by Gasteiger charge is -2.09. The Morgan fingerprint density at radius 1 is 1.00 bits per heavy atom. The predicted octanol–water partition coefficient (Wildman–Crippen LogP) is 6.52. The largest absolute Gasteiger partial charge is 0.481 e. The number of ether oxygens (including phenoxy) is 1. The molecule has 1 N–H and O–H groups in total. The van der Waals surface area contributed by atoms with E-state index in [1.54, 1.807) is 12.1 Å². The minimum absolute atomic E-state index is 0.356. The first-order valence-electron chi connectivity index (χ1n) is 9.66. The molecule has 0 amide bonds. The van der Waals surface area contributed by atoms with E-state index >= 15 is 0 Å². The number of aliphatic carboxylic acids is 1. The van der Waals surface area contributed by atoms with E-state index in [9.17, 15) is 13.2 Å². The average Bonchev–Trinajstić information content (AvgIpc) is 2.72. The molecule has 170 valence electrons. The van der Waals surface area contributed by atoms with Crippen molar-refractivity contribution in [1.29, 1.82) is 0 Å². The Morgan fingerprint density at radius 3 is 2.06 bits per heavy atom. The molecule has 1 aromatic heterocycles. The van der Waals surface area contributed by atoms with Crippen molar-refractivity contribution in [1.82, 2.24) is 9.97 Å². The van der Waals surface area contributed by atoms with Gasteiger partial charge in [0.15, 0.2) is 0 Å². The summed E-state index contributed by atoms with van der Waals surface area (Å²) in [6.07, 6.45) is -0.347. The fourth-order valence-corrected chi connectivity index (χ4v) is 2.91. The maximum absolute atomic E-state index is 12.6. The van der Waals surface area contributed by atoms with Crippen LogP contribution in [0.25, 0.3) is 0 Å². The molecule has 0 aliphatic rings. The number of carboxylic acid groups (broad SMARTS) is 1. The zero-order valence-electron chi connectivity index (χ0n) is 17.5. The molecule has 0 spiro atoms. The van der Waals surface area contributed by atoms with Crippen LogP contribution < -0.4 is 4.74 Å². The van der Waals surface area contributed by atoms with E-state index in [0.717, 1.165) is 55.3 Å². The zero-order chi connectivity index (χ0) is 23.7. The Kier molecular flexibility index (Phi) is 9.02. The van der Waals surface area contributed by atoms with Crippen molar-refractivity contribution in [3.8, 4) is 11.5 Å². The smallest absolute Gasteiger partial charge is 0.416 e. The average molecular weight is 467 g/mol. The first kappa shape index (κ1) is 25.1. The molecule has 9 heteroatoms. The van der Waals surface area contributed by atoms with E-state index in [1.165, 1.54) is 18.5 Å². The van der Waals surface area contributed by atoms with Crippen molar-refractivity contribution in [2.24, 2.45) is 0 Å². The zero-order valence-corrected chi connectivity index (χ0v) is 18.2. The number of hydrogen-bond donors (Lipinski definition) is 1. The number of hydrogen-bond acceptors (Lipinski definition) is 4.